The first-order valence-corrected chi connectivity index (χ1v) is 9.43. The van der Waals surface area contributed by atoms with Crippen molar-refractivity contribution in [3.63, 3.8) is 0 Å². The Morgan fingerprint density at radius 2 is 1.83 bits per heavy atom. The number of carbonyl (C=O) groups excluding carboxylic acids is 1. The molecule has 4 nitrogen and oxygen atoms in total. The third-order valence-corrected chi connectivity index (χ3v) is 4.93. The number of alkyl carbamates (subject to hydrolysis) is 1. The number of nitrogens with one attached hydrogen (secondary N) is 2. The van der Waals surface area contributed by atoms with E-state index in [0.29, 0.717) is 24.4 Å². The van der Waals surface area contributed by atoms with Crippen molar-refractivity contribution < 1.29 is 9.53 Å². The van der Waals surface area contributed by atoms with Crippen molar-refractivity contribution in [2.75, 3.05) is 13.1 Å². The molecule has 1 saturated carbocycles. The highest BCUT2D eigenvalue weighted by atomic mass is 16.6. The molecule has 4 heteroatoms. The Morgan fingerprint density at radius 3 is 2.39 bits per heavy atom. The fraction of sp³-hybridized carbons (Fsp3) is 0.947. The van der Waals surface area contributed by atoms with Crippen LogP contribution in [0.4, 0.5) is 4.79 Å². The van der Waals surface area contributed by atoms with Gasteiger partial charge in [-0.15, -0.1) is 0 Å². The van der Waals surface area contributed by atoms with E-state index in [-0.39, 0.29) is 6.09 Å². The molecule has 1 fully saturated rings. The summed E-state index contributed by atoms with van der Waals surface area (Å²) >= 11 is 0. The highest BCUT2D eigenvalue weighted by Crippen LogP contribution is 2.27. The quantitative estimate of drug-likeness (QED) is 0.731. The van der Waals surface area contributed by atoms with Gasteiger partial charge < -0.3 is 15.4 Å². The number of hydrogen-bond acceptors (Lipinski definition) is 3. The second-order valence-electron chi connectivity index (χ2n) is 8.35. The number of carbonyl (C=O) groups is 1. The molecule has 3 unspecified atom stereocenters. The van der Waals surface area contributed by atoms with E-state index in [1.165, 1.54) is 32.1 Å². The van der Waals surface area contributed by atoms with Gasteiger partial charge in [-0.05, 0) is 51.4 Å². The molecule has 2 N–H and O–H groups in total. The van der Waals surface area contributed by atoms with Crippen molar-refractivity contribution in [1.29, 1.82) is 0 Å². The van der Waals surface area contributed by atoms with Crippen molar-refractivity contribution in [2.45, 2.75) is 85.3 Å². The highest BCUT2D eigenvalue weighted by molar-refractivity contribution is 5.67. The lowest BCUT2D eigenvalue weighted by Crippen LogP contribution is -2.44. The Bertz CT molecular complexity index is 350. The van der Waals surface area contributed by atoms with Gasteiger partial charge in [0.05, 0.1) is 0 Å². The maximum atomic E-state index is 11.8. The van der Waals surface area contributed by atoms with Gasteiger partial charge in [-0.2, -0.15) is 0 Å². The second kappa shape index (κ2) is 9.51. The van der Waals surface area contributed by atoms with Gasteiger partial charge >= 0.3 is 6.09 Å². The maximum Gasteiger partial charge on any atom is 0.407 e. The molecular weight excluding hydrogens is 288 g/mol. The molecule has 0 saturated heterocycles. The van der Waals surface area contributed by atoms with Gasteiger partial charge in [-0.25, -0.2) is 4.79 Å². The van der Waals surface area contributed by atoms with Crippen LogP contribution in [0.15, 0.2) is 0 Å². The van der Waals surface area contributed by atoms with E-state index in [1.54, 1.807) is 0 Å². The molecule has 1 aliphatic rings. The first kappa shape index (κ1) is 20.3. The Labute approximate surface area is 143 Å². The van der Waals surface area contributed by atoms with Crippen molar-refractivity contribution >= 4 is 6.09 Å². The molecule has 136 valence electrons. The largest absolute Gasteiger partial charge is 0.444 e. The third-order valence-electron chi connectivity index (χ3n) is 4.93. The SMILES string of the molecule is CCC1CCCCC1NCC(CNC(=O)OC(C)(C)C)C(C)C. The fourth-order valence-electron chi connectivity index (χ4n) is 3.34. The Kier molecular flexibility index (Phi) is 8.38. The highest BCUT2D eigenvalue weighted by Gasteiger charge is 2.25. The van der Waals surface area contributed by atoms with Crippen molar-refractivity contribution in [3.8, 4) is 0 Å². The number of amides is 1. The van der Waals surface area contributed by atoms with Crippen LogP contribution in [0.3, 0.4) is 0 Å². The standard InChI is InChI=1S/C19H38N2O2/c1-7-15-10-8-9-11-17(15)20-12-16(14(2)3)13-21-18(22)23-19(4,5)6/h14-17,20H,7-13H2,1-6H3,(H,21,22). The summed E-state index contributed by atoms with van der Waals surface area (Å²) in [5.74, 6) is 1.78. The summed E-state index contributed by atoms with van der Waals surface area (Å²) < 4.78 is 5.33. The molecule has 3 atom stereocenters. The molecule has 0 aliphatic heterocycles. The average Bonchev–Trinajstić information content (AvgIpc) is 2.45. The van der Waals surface area contributed by atoms with E-state index in [4.69, 9.17) is 4.74 Å². The van der Waals surface area contributed by atoms with Gasteiger partial charge in [0, 0.05) is 19.1 Å². The van der Waals surface area contributed by atoms with Crippen molar-refractivity contribution in [3.05, 3.63) is 0 Å². The van der Waals surface area contributed by atoms with Gasteiger partial charge in [0.15, 0.2) is 0 Å². The smallest absolute Gasteiger partial charge is 0.407 e. The average molecular weight is 327 g/mol. The summed E-state index contributed by atoms with van der Waals surface area (Å²) in [7, 11) is 0. The molecule has 0 bridgehead atoms. The molecule has 1 rings (SSSR count). The van der Waals surface area contributed by atoms with Gasteiger partial charge in [-0.1, -0.05) is 40.0 Å². The lowest BCUT2D eigenvalue weighted by Gasteiger charge is -2.33. The predicted octanol–water partition coefficient (Wildman–Crippen LogP) is 4.34. The molecular formula is C19H38N2O2. The summed E-state index contributed by atoms with van der Waals surface area (Å²) in [5.41, 5.74) is -0.438. The van der Waals surface area contributed by atoms with Crippen LogP contribution >= 0.6 is 0 Å². The Hall–Kier alpha value is -0.770. The zero-order valence-corrected chi connectivity index (χ0v) is 16.1. The summed E-state index contributed by atoms with van der Waals surface area (Å²) in [6, 6.07) is 0.650. The molecule has 1 amide bonds. The van der Waals surface area contributed by atoms with E-state index in [0.717, 1.165) is 12.5 Å². The topological polar surface area (TPSA) is 50.4 Å². The van der Waals surface area contributed by atoms with Crippen LogP contribution in [0, 0.1) is 17.8 Å². The van der Waals surface area contributed by atoms with Crippen LogP contribution in [-0.2, 0) is 4.74 Å². The van der Waals surface area contributed by atoms with E-state index in [9.17, 15) is 4.79 Å². The summed E-state index contributed by atoms with van der Waals surface area (Å²) in [6.07, 6.45) is 6.33. The minimum absolute atomic E-state index is 0.313. The van der Waals surface area contributed by atoms with Crippen LogP contribution < -0.4 is 10.6 Å². The summed E-state index contributed by atoms with van der Waals surface area (Å²) in [5, 5.41) is 6.72. The van der Waals surface area contributed by atoms with Crippen LogP contribution in [0.1, 0.15) is 73.6 Å². The minimum atomic E-state index is -0.438. The molecule has 0 aromatic heterocycles. The molecule has 23 heavy (non-hydrogen) atoms. The first-order valence-electron chi connectivity index (χ1n) is 9.43. The van der Waals surface area contributed by atoms with Crippen LogP contribution in [0.2, 0.25) is 0 Å². The molecule has 0 heterocycles. The van der Waals surface area contributed by atoms with E-state index < -0.39 is 5.60 Å². The molecule has 0 radical (unpaired) electrons. The summed E-state index contributed by atoms with van der Waals surface area (Å²) in [6.45, 7) is 14.1. The molecule has 1 aliphatic carbocycles. The van der Waals surface area contributed by atoms with Gasteiger partial charge in [-0.3, -0.25) is 0 Å². The van der Waals surface area contributed by atoms with Gasteiger partial charge in [0.2, 0.25) is 0 Å². The number of ether oxygens (including phenoxy) is 1. The van der Waals surface area contributed by atoms with Crippen molar-refractivity contribution in [2.24, 2.45) is 17.8 Å². The van der Waals surface area contributed by atoms with Crippen LogP contribution in [-0.4, -0.2) is 30.8 Å². The normalized spacial score (nSPS) is 23.6. The van der Waals surface area contributed by atoms with E-state index in [2.05, 4.69) is 31.4 Å². The molecule has 0 spiro atoms. The minimum Gasteiger partial charge on any atom is -0.444 e. The third kappa shape index (κ3) is 8.05. The van der Waals surface area contributed by atoms with Crippen molar-refractivity contribution in [1.82, 2.24) is 10.6 Å². The predicted molar refractivity (Wildman–Crippen MR) is 96.6 cm³/mol. The zero-order chi connectivity index (χ0) is 17.5. The van der Waals surface area contributed by atoms with E-state index in [1.807, 2.05) is 20.8 Å². The fourth-order valence-corrected chi connectivity index (χ4v) is 3.34. The van der Waals surface area contributed by atoms with Gasteiger partial charge in [0.1, 0.15) is 5.60 Å². The summed E-state index contributed by atoms with van der Waals surface area (Å²) in [4.78, 5) is 11.8. The second-order valence-corrected chi connectivity index (χ2v) is 8.35. The number of hydrogen-bond donors (Lipinski definition) is 2. The van der Waals surface area contributed by atoms with Crippen LogP contribution in [0.25, 0.3) is 0 Å². The molecule has 0 aromatic carbocycles. The lowest BCUT2D eigenvalue weighted by atomic mass is 9.82. The van der Waals surface area contributed by atoms with Gasteiger partial charge in [0.25, 0.3) is 0 Å². The zero-order valence-electron chi connectivity index (χ0n) is 16.1. The lowest BCUT2D eigenvalue weighted by molar-refractivity contribution is 0.0514. The van der Waals surface area contributed by atoms with Crippen LogP contribution in [0.5, 0.6) is 0 Å². The molecule has 0 aromatic rings. The maximum absolute atomic E-state index is 11.8. The monoisotopic (exact) mass is 326 g/mol. The Morgan fingerprint density at radius 1 is 1.17 bits per heavy atom. The first-order chi connectivity index (χ1) is 10.7. The van der Waals surface area contributed by atoms with E-state index >= 15 is 0 Å². The Balaban J connectivity index is 2.41. The number of rotatable bonds is 7.